The Morgan fingerprint density at radius 2 is 2.47 bits per heavy atom. The molecule has 4 nitrogen and oxygen atoms in total. The third kappa shape index (κ3) is 2.21. The van der Waals surface area contributed by atoms with Crippen LogP contribution in [-0.4, -0.2) is 40.4 Å². The number of nitrogens with zero attached hydrogens (tertiary/aromatic N) is 3. The molecule has 0 aromatic carbocycles. The summed E-state index contributed by atoms with van der Waals surface area (Å²) in [4.78, 5) is 2.49. The van der Waals surface area contributed by atoms with E-state index in [1.54, 1.807) is 0 Å². The number of aromatic nitrogens is 2. The summed E-state index contributed by atoms with van der Waals surface area (Å²) < 4.78 is 2.06. The predicted molar refractivity (Wildman–Crippen MR) is 60.6 cm³/mol. The van der Waals surface area contributed by atoms with Crippen molar-refractivity contribution in [1.82, 2.24) is 14.7 Å². The fraction of sp³-hybridized carbons (Fsp3) is 0.727. The van der Waals surface area contributed by atoms with Gasteiger partial charge in [-0.2, -0.15) is 5.10 Å². The Hall–Kier alpha value is -0.870. The monoisotopic (exact) mass is 208 g/mol. The molecule has 0 unspecified atom stereocenters. The molecule has 1 aliphatic rings. The highest BCUT2D eigenvalue weighted by Gasteiger charge is 2.29. The Kier molecular flexibility index (Phi) is 3.38. The van der Waals surface area contributed by atoms with Gasteiger partial charge in [0, 0.05) is 31.5 Å². The third-order valence-electron chi connectivity index (χ3n) is 3.33. The first-order valence-electron chi connectivity index (χ1n) is 5.76. The van der Waals surface area contributed by atoms with Crippen molar-refractivity contribution in [1.29, 1.82) is 0 Å². The molecule has 0 aliphatic carbocycles. The smallest absolute Gasteiger partial charge is 0.0646 e. The second-order valence-corrected chi connectivity index (χ2v) is 4.26. The average molecular weight is 208 g/mol. The maximum atomic E-state index is 5.63. The normalized spacial score (nSPS) is 24.5. The van der Waals surface area contributed by atoms with Crippen LogP contribution in [0, 0.1) is 0 Å². The van der Waals surface area contributed by atoms with Crippen molar-refractivity contribution >= 4 is 0 Å². The van der Waals surface area contributed by atoms with Crippen LogP contribution in [0.1, 0.15) is 25.8 Å². The van der Waals surface area contributed by atoms with Crippen molar-refractivity contribution in [3.8, 4) is 0 Å². The molecule has 15 heavy (non-hydrogen) atoms. The second kappa shape index (κ2) is 4.77. The van der Waals surface area contributed by atoms with Gasteiger partial charge in [0.1, 0.15) is 0 Å². The van der Waals surface area contributed by atoms with Crippen molar-refractivity contribution < 1.29 is 0 Å². The van der Waals surface area contributed by atoms with Crippen molar-refractivity contribution in [3.63, 3.8) is 0 Å². The molecule has 1 aromatic heterocycles. The van der Waals surface area contributed by atoms with Crippen LogP contribution in [0.2, 0.25) is 0 Å². The Bertz CT molecular complexity index is 283. The zero-order valence-electron chi connectivity index (χ0n) is 9.34. The molecular formula is C11H20N4. The van der Waals surface area contributed by atoms with Crippen molar-refractivity contribution in [2.45, 2.75) is 31.8 Å². The summed E-state index contributed by atoms with van der Waals surface area (Å²) in [7, 11) is 0. The molecule has 0 amide bonds. The van der Waals surface area contributed by atoms with Gasteiger partial charge < -0.3 is 5.73 Å². The Labute approximate surface area is 91.1 Å². The molecule has 2 atom stereocenters. The molecule has 84 valence electrons. The van der Waals surface area contributed by atoms with Crippen LogP contribution in [0.25, 0.3) is 0 Å². The van der Waals surface area contributed by atoms with Gasteiger partial charge >= 0.3 is 0 Å². The highest BCUT2D eigenvalue weighted by molar-refractivity contribution is 4.89. The first-order valence-corrected chi connectivity index (χ1v) is 5.76. The fourth-order valence-corrected chi connectivity index (χ4v) is 2.54. The van der Waals surface area contributed by atoms with Crippen molar-refractivity contribution in [2.75, 3.05) is 19.6 Å². The minimum atomic E-state index is 0.453. The Morgan fingerprint density at radius 1 is 1.60 bits per heavy atom. The SMILES string of the molecule is C[C@H]([C@H]1CCCN1CCN)n1cccn1. The summed E-state index contributed by atoms with van der Waals surface area (Å²) in [6, 6.07) is 3.04. The summed E-state index contributed by atoms with van der Waals surface area (Å²) >= 11 is 0. The van der Waals surface area contributed by atoms with E-state index in [1.807, 2.05) is 18.5 Å². The topological polar surface area (TPSA) is 47.1 Å². The highest BCUT2D eigenvalue weighted by Crippen LogP contribution is 2.25. The molecule has 0 bridgehead atoms. The standard InChI is InChI=1S/C11H20N4/c1-10(15-8-3-6-13-15)11-4-2-7-14(11)9-5-12/h3,6,8,10-11H,2,4-5,7,9,12H2,1H3/t10-,11-/m1/s1. The first kappa shape index (κ1) is 10.6. The lowest BCUT2D eigenvalue weighted by Crippen LogP contribution is -2.38. The number of hydrogen-bond donors (Lipinski definition) is 1. The maximum Gasteiger partial charge on any atom is 0.0646 e. The average Bonchev–Trinajstić information content (AvgIpc) is 2.87. The molecule has 1 saturated heterocycles. The minimum Gasteiger partial charge on any atom is -0.329 e. The molecule has 2 rings (SSSR count). The van der Waals surface area contributed by atoms with Gasteiger partial charge in [-0.3, -0.25) is 9.58 Å². The zero-order chi connectivity index (χ0) is 10.7. The summed E-state index contributed by atoms with van der Waals surface area (Å²) in [5.74, 6) is 0. The van der Waals surface area contributed by atoms with Gasteiger partial charge in [-0.05, 0) is 32.4 Å². The lowest BCUT2D eigenvalue weighted by atomic mass is 10.1. The quantitative estimate of drug-likeness (QED) is 0.798. The van der Waals surface area contributed by atoms with E-state index >= 15 is 0 Å². The largest absolute Gasteiger partial charge is 0.329 e. The summed E-state index contributed by atoms with van der Waals surface area (Å²) in [6.07, 6.45) is 6.44. The molecule has 1 fully saturated rings. The molecule has 2 heterocycles. The number of hydrogen-bond acceptors (Lipinski definition) is 3. The number of rotatable bonds is 4. The number of likely N-dealkylation sites (tertiary alicyclic amines) is 1. The van der Waals surface area contributed by atoms with Gasteiger partial charge in [0.2, 0.25) is 0 Å². The van der Waals surface area contributed by atoms with E-state index in [4.69, 9.17) is 5.73 Å². The molecular weight excluding hydrogens is 188 g/mol. The molecule has 2 N–H and O–H groups in total. The molecule has 0 spiro atoms. The predicted octanol–water partition coefficient (Wildman–Crippen LogP) is 0.867. The maximum absolute atomic E-state index is 5.63. The first-order chi connectivity index (χ1) is 7.33. The zero-order valence-corrected chi connectivity index (χ0v) is 9.34. The highest BCUT2D eigenvalue weighted by atomic mass is 15.3. The van der Waals surface area contributed by atoms with Crippen molar-refractivity contribution in [2.24, 2.45) is 5.73 Å². The van der Waals surface area contributed by atoms with Crippen LogP contribution in [0.15, 0.2) is 18.5 Å². The van der Waals surface area contributed by atoms with Gasteiger partial charge in [0.05, 0.1) is 6.04 Å². The molecule has 4 heteroatoms. The van der Waals surface area contributed by atoms with Gasteiger partial charge in [-0.25, -0.2) is 0 Å². The van der Waals surface area contributed by atoms with Crippen LogP contribution in [-0.2, 0) is 0 Å². The van der Waals surface area contributed by atoms with Crippen molar-refractivity contribution in [3.05, 3.63) is 18.5 Å². The van der Waals surface area contributed by atoms with Gasteiger partial charge in [-0.15, -0.1) is 0 Å². The number of nitrogens with two attached hydrogens (primary N) is 1. The van der Waals surface area contributed by atoms with E-state index in [0.29, 0.717) is 12.1 Å². The van der Waals surface area contributed by atoms with Crippen LogP contribution in [0.4, 0.5) is 0 Å². The van der Waals surface area contributed by atoms with E-state index in [2.05, 4.69) is 21.6 Å². The molecule has 0 saturated carbocycles. The van der Waals surface area contributed by atoms with E-state index in [-0.39, 0.29) is 0 Å². The molecule has 1 aromatic rings. The van der Waals surface area contributed by atoms with Gasteiger partial charge in [0.25, 0.3) is 0 Å². The van der Waals surface area contributed by atoms with Crippen LogP contribution < -0.4 is 5.73 Å². The van der Waals surface area contributed by atoms with Crippen LogP contribution in [0.3, 0.4) is 0 Å². The van der Waals surface area contributed by atoms with Crippen LogP contribution >= 0.6 is 0 Å². The summed E-state index contributed by atoms with van der Waals surface area (Å²) in [5.41, 5.74) is 5.63. The Balaban J connectivity index is 2.03. The van der Waals surface area contributed by atoms with Crippen LogP contribution in [0.5, 0.6) is 0 Å². The summed E-state index contributed by atoms with van der Waals surface area (Å²) in [5, 5.41) is 4.31. The van der Waals surface area contributed by atoms with E-state index in [0.717, 1.165) is 13.1 Å². The second-order valence-electron chi connectivity index (χ2n) is 4.26. The van der Waals surface area contributed by atoms with Gasteiger partial charge in [0.15, 0.2) is 0 Å². The summed E-state index contributed by atoms with van der Waals surface area (Å²) in [6.45, 7) is 5.19. The van der Waals surface area contributed by atoms with E-state index in [1.165, 1.54) is 19.4 Å². The third-order valence-corrected chi connectivity index (χ3v) is 3.33. The lowest BCUT2D eigenvalue weighted by Gasteiger charge is -2.29. The fourth-order valence-electron chi connectivity index (χ4n) is 2.54. The molecule has 1 aliphatic heterocycles. The molecule has 0 radical (unpaired) electrons. The van der Waals surface area contributed by atoms with E-state index in [9.17, 15) is 0 Å². The Morgan fingerprint density at radius 3 is 3.13 bits per heavy atom. The minimum absolute atomic E-state index is 0.453. The lowest BCUT2D eigenvalue weighted by molar-refractivity contribution is 0.196. The van der Waals surface area contributed by atoms with E-state index < -0.39 is 0 Å². The van der Waals surface area contributed by atoms with Gasteiger partial charge in [-0.1, -0.05) is 0 Å².